The Morgan fingerprint density at radius 1 is 1.24 bits per heavy atom. The van der Waals surface area contributed by atoms with E-state index in [0.29, 0.717) is 11.7 Å². The molecular formula is C24H27N7O2S. The van der Waals surface area contributed by atoms with E-state index in [-0.39, 0.29) is 5.92 Å². The van der Waals surface area contributed by atoms with Crippen LogP contribution in [0.4, 0.5) is 11.5 Å². The SMILES string of the molecule is COc1cc2[nH]ncc2cc1Nc1ncnc2sc3c(c12)CC[C@H](C(=O)N1CCN(C)CC1)C3. The molecule has 1 aliphatic heterocycles. The van der Waals surface area contributed by atoms with E-state index in [9.17, 15) is 4.79 Å². The number of aromatic amines is 1. The predicted molar refractivity (Wildman–Crippen MR) is 133 cm³/mol. The summed E-state index contributed by atoms with van der Waals surface area (Å²) < 4.78 is 5.61. The molecule has 9 nitrogen and oxygen atoms in total. The van der Waals surface area contributed by atoms with Crippen LogP contribution in [0.5, 0.6) is 5.75 Å². The van der Waals surface area contributed by atoms with Crippen LogP contribution in [0.3, 0.4) is 0 Å². The number of nitrogens with zero attached hydrogens (tertiary/aromatic N) is 5. The zero-order valence-corrected chi connectivity index (χ0v) is 20.1. The number of ether oxygens (including phenoxy) is 1. The largest absolute Gasteiger partial charge is 0.494 e. The summed E-state index contributed by atoms with van der Waals surface area (Å²) in [7, 11) is 3.77. The van der Waals surface area contributed by atoms with Gasteiger partial charge in [0, 0.05) is 48.4 Å². The van der Waals surface area contributed by atoms with Crippen molar-refractivity contribution in [2.45, 2.75) is 19.3 Å². The van der Waals surface area contributed by atoms with Gasteiger partial charge in [-0.25, -0.2) is 9.97 Å². The number of carbonyl (C=O) groups is 1. The van der Waals surface area contributed by atoms with E-state index in [4.69, 9.17) is 4.74 Å². The Kier molecular flexibility index (Phi) is 5.34. The Bertz CT molecular complexity index is 1370. The van der Waals surface area contributed by atoms with E-state index in [0.717, 1.165) is 78.1 Å². The molecule has 176 valence electrons. The Hall–Kier alpha value is -3.24. The van der Waals surface area contributed by atoms with Crippen molar-refractivity contribution in [3.63, 3.8) is 0 Å². The van der Waals surface area contributed by atoms with Gasteiger partial charge in [-0.15, -0.1) is 11.3 Å². The lowest BCUT2D eigenvalue weighted by Crippen LogP contribution is -2.49. The maximum absolute atomic E-state index is 13.2. The minimum absolute atomic E-state index is 0.0527. The number of piperazine rings is 1. The number of fused-ring (bicyclic) bond motifs is 4. The molecule has 34 heavy (non-hydrogen) atoms. The minimum atomic E-state index is 0.0527. The van der Waals surface area contributed by atoms with E-state index in [2.05, 4.69) is 37.4 Å². The molecule has 10 heteroatoms. The third-order valence-corrected chi connectivity index (χ3v) is 8.19. The summed E-state index contributed by atoms with van der Waals surface area (Å²) in [6.07, 6.45) is 5.90. The monoisotopic (exact) mass is 477 g/mol. The summed E-state index contributed by atoms with van der Waals surface area (Å²) in [5, 5.41) is 12.6. The molecule has 2 aliphatic rings. The number of methoxy groups -OCH3 is 1. The van der Waals surface area contributed by atoms with Gasteiger partial charge >= 0.3 is 0 Å². The number of anilines is 2. The van der Waals surface area contributed by atoms with E-state index < -0.39 is 0 Å². The number of rotatable bonds is 4. The molecule has 1 aromatic carbocycles. The second kappa shape index (κ2) is 8.52. The van der Waals surface area contributed by atoms with Crippen molar-refractivity contribution in [2.75, 3.05) is 45.7 Å². The zero-order valence-electron chi connectivity index (χ0n) is 19.3. The van der Waals surface area contributed by atoms with Gasteiger partial charge in [-0.3, -0.25) is 9.89 Å². The van der Waals surface area contributed by atoms with Crippen molar-refractivity contribution in [3.05, 3.63) is 35.1 Å². The van der Waals surface area contributed by atoms with E-state index in [1.54, 1.807) is 31.0 Å². The van der Waals surface area contributed by atoms with E-state index in [1.165, 1.54) is 10.4 Å². The number of aromatic nitrogens is 4. The first-order valence-corrected chi connectivity index (χ1v) is 12.4. The van der Waals surface area contributed by atoms with Crippen LogP contribution in [0.1, 0.15) is 16.9 Å². The van der Waals surface area contributed by atoms with Crippen LogP contribution in [-0.4, -0.2) is 76.2 Å². The Labute approximate surface area is 201 Å². The van der Waals surface area contributed by atoms with Crippen molar-refractivity contribution >= 4 is 49.9 Å². The van der Waals surface area contributed by atoms with Gasteiger partial charge < -0.3 is 19.9 Å². The molecule has 3 aromatic heterocycles. The van der Waals surface area contributed by atoms with Crippen LogP contribution >= 0.6 is 11.3 Å². The molecule has 0 radical (unpaired) electrons. The summed E-state index contributed by atoms with van der Waals surface area (Å²) in [6.45, 7) is 3.55. The van der Waals surface area contributed by atoms with Gasteiger partial charge in [-0.1, -0.05) is 0 Å². The van der Waals surface area contributed by atoms with Gasteiger partial charge in [0.2, 0.25) is 5.91 Å². The fourth-order valence-electron chi connectivity index (χ4n) is 5.07. The molecule has 1 saturated heterocycles. The fourth-order valence-corrected chi connectivity index (χ4v) is 6.33. The summed E-state index contributed by atoms with van der Waals surface area (Å²) in [5.41, 5.74) is 3.02. The lowest BCUT2D eigenvalue weighted by molar-refractivity contribution is -0.137. The minimum Gasteiger partial charge on any atom is -0.494 e. The zero-order chi connectivity index (χ0) is 23.2. The average molecular weight is 478 g/mol. The number of benzene rings is 1. The highest BCUT2D eigenvalue weighted by atomic mass is 32.1. The molecule has 1 atom stereocenters. The normalized spacial score (nSPS) is 18.9. The quantitative estimate of drug-likeness (QED) is 0.466. The topological polar surface area (TPSA) is 99.3 Å². The van der Waals surface area contributed by atoms with Gasteiger partial charge in [-0.05, 0) is 37.9 Å². The molecule has 1 fully saturated rings. The number of hydrogen-bond acceptors (Lipinski definition) is 8. The van der Waals surface area contributed by atoms with Crippen molar-refractivity contribution in [1.29, 1.82) is 0 Å². The maximum Gasteiger partial charge on any atom is 0.226 e. The number of aryl methyl sites for hydroxylation is 1. The molecule has 4 heterocycles. The summed E-state index contributed by atoms with van der Waals surface area (Å²) in [5.74, 6) is 1.84. The van der Waals surface area contributed by atoms with Crippen molar-refractivity contribution in [1.82, 2.24) is 30.0 Å². The standard InChI is InChI=1S/C24H27N7O2S/c1-30-5-7-31(8-6-30)24(32)14-3-4-16-20(10-14)34-23-21(16)22(25-13-26-23)28-18-9-15-12-27-29-17(15)11-19(18)33-2/h9,11-14H,3-8,10H2,1-2H3,(H,27,29)(H,25,26,28)/t14-/m0/s1. The first-order valence-electron chi connectivity index (χ1n) is 11.6. The van der Waals surface area contributed by atoms with E-state index in [1.807, 2.05) is 17.0 Å². The van der Waals surface area contributed by atoms with Crippen LogP contribution in [-0.2, 0) is 17.6 Å². The maximum atomic E-state index is 13.2. The molecule has 0 saturated carbocycles. The van der Waals surface area contributed by atoms with Crippen molar-refractivity contribution in [2.24, 2.45) is 5.92 Å². The number of hydrogen-bond donors (Lipinski definition) is 2. The van der Waals surface area contributed by atoms with Gasteiger partial charge in [0.1, 0.15) is 22.7 Å². The fraction of sp³-hybridized carbons (Fsp3) is 0.417. The first kappa shape index (κ1) is 21.3. The highest BCUT2D eigenvalue weighted by molar-refractivity contribution is 7.19. The molecule has 0 spiro atoms. The van der Waals surface area contributed by atoms with Gasteiger partial charge in [-0.2, -0.15) is 5.10 Å². The van der Waals surface area contributed by atoms with Gasteiger partial charge in [0.05, 0.1) is 29.9 Å². The van der Waals surface area contributed by atoms with E-state index >= 15 is 0 Å². The molecular weight excluding hydrogens is 450 g/mol. The average Bonchev–Trinajstić information content (AvgIpc) is 3.47. The highest BCUT2D eigenvalue weighted by Gasteiger charge is 2.32. The van der Waals surface area contributed by atoms with Crippen molar-refractivity contribution < 1.29 is 9.53 Å². The first-order chi connectivity index (χ1) is 16.6. The molecule has 4 aromatic rings. The van der Waals surface area contributed by atoms with Crippen LogP contribution < -0.4 is 10.1 Å². The van der Waals surface area contributed by atoms with Gasteiger partial charge in [0.15, 0.2) is 0 Å². The summed E-state index contributed by atoms with van der Waals surface area (Å²) >= 11 is 1.69. The number of thiophene rings is 1. The lowest BCUT2D eigenvalue weighted by Gasteiger charge is -2.35. The second-order valence-electron chi connectivity index (χ2n) is 9.11. The number of likely N-dealkylation sites (N-methyl/N-ethyl adjacent to an activating group) is 1. The highest BCUT2D eigenvalue weighted by Crippen LogP contribution is 2.42. The smallest absolute Gasteiger partial charge is 0.226 e. The number of carbonyl (C=O) groups excluding carboxylic acids is 1. The number of amides is 1. The van der Waals surface area contributed by atoms with Crippen LogP contribution in [0.2, 0.25) is 0 Å². The Morgan fingerprint density at radius 2 is 2.09 bits per heavy atom. The van der Waals surface area contributed by atoms with Crippen LogP contribution in [0.15, 0.2) is 24.7 Å². The third-order valence-electron chi connectivity index (χ3n) is 7.02. The molecule has 1 aliphatic carbocycles. The molecule has 2 N–H and O–H groups in total. The second-order valence-corrected chi connectivity index (χ2v) is 10.2. The molecule has 0 bridgehead atoms. The Morgan fingerprint density at radius 3 is 2.91 bits per heavy atom. The number of H-pyrrole nitrogens is 1. The van der Waals surface area contributed by atoms with Gasteiger partial charge in [0.25, 0.3) is 0 Å². The summed E-state index contributed by atoms with van der Waals surface area (Å²) in [4.78, 5) is 28.9. The number of nitrogens with one attached hydrogen (secondary N) is 2. The molecule has 6 rings (SSSR count). The third kappa shape index (κ3) is 3.67. The Balaban J connectivity index is 1.30. The predicted octanol–water partition coefficient (Wildman–Crippen LogP) is 3.20. The van der Waals surface area contributed by atoms with Crippen molar-refractivity contribution in [3.8, 4) is 5.75 Å². The molecule has 0 unspecified atom stereocenters. The summed E-state index contributed by atoms with van der Waals surface area (Å²) in [6, 6.07) is 3.94. The molecule has 1 amide bonds. The lowest BCUT2D eigenvalue weighted by atomic mass is 9.86. The van der Waals surface area contributed by atoms with Crippen LogP contribution in [0, 0.1) is 5.92 Å². The van der Waals surface area contributed by atoms with Crippen LogP contribution in [0.25, 0.3) is 21.1 Å².